The number of aliphatic hydroxyl groups is 2. The maximum atomic E-state index is 10.1. The molecule has 1 aromatic heterocycles. The molecular formula is C22H41N3O6S2. The second-order valence-corrected chi connectivity index (χ2v) is 12.7. The normalized spacial score (nSPS) is 14.1. The molecule has 1 rings (SSSR count). The molecule has 0 fully saturated rings. The van der Waals surface area contributed by atoms with Gasteiger partial charge in [-0.3, -0.25) is 0 Å². The van der Waals surface area contributed by atoms with Crippen LogP contribution in [-0.4, -0.2) is 86.5 Å². The molecule has 0 saturated heterocycles. The minimum atomic E-state index is -0.748. The van der Waals surface area contributed by atoms with Crippen molar-refractivity contribution in [3.8, 4) is 18.0 Å². The average molecular weight is 508 g/mol. The molecule has 1 heterocycles. The lowest BCUT2D eigenvalue weighted by atomic mass is 9.93. The molecule has 2 atom stereocenters. The molecule has 0 aliphatic heterocycles. The minimum absolute atomic E-state index is 0.00393. The van der Waals surface area contributed by atoms with Gasteiger partial charge in [0.05, 0.1) is 25.4 Å². The monoisotopic (exact) mass is 507 g/mol. The highest BCUT2D eigenvalue weighted by Crippen LogP contribution is 2.25. The Morgan fingerprint density at radius 1 is 0.818 bits per heavy atom. The SMILES string of the molecule is COCOc1nc(OCCCSCC(O)C(O)CSC(C)(C)C)nc(OCCC(C)(C)C)n1. The molecule has 1 aromatic rings. The first-order valence-corrected chi connectivity index (χ1v) is 13.2. The topological polar surface area (TPSA) is 116 Å². The Balaban J connectivity index is 2.42. The van der Waals surface area contributed by atoms with Gasteiger partial charge in [0, 0.05) is 23.4 Å². The van der Waals surface area contributed by atoms with E-state index in [1.54, 1.807) is 23.5 Å². The highest BCUT2D eigenvalue weighted by atomic mass is 32.2. The van der Waals surface area contributed by atoms with E-state index in [4.69, 9.17) is 18.9 Å². The third-order valence-corrected chi connectivity index (χ3v) is 6.58. The van der Waals surface area contributed by atoms with Crippen LogP contribution in [0.4, 0.5) is 0 Å². The molecule has 0 saturated carbocycles. The van der Waals surface area contributed by atoms with Gasteiger partial charge in [0.1, 0.15) is 0 Å². The fourth-order valence-electron chi connectivity index (χ4n) is 2.16. The molecule has 9 nitrogen and oxygen atoms in total. The summed E-state index contributed by atoms with van der Waals surface area (Å²) < 4.78 is 21.6. The summed E-state index contributed by atoms with van der Waals surface area (Å²) in [7, 11) is 1.51. The number of hydrogen-bond acceptors (Lipinski definition) is 11. The maximum Gasteiger partial charge on any atom is 0.327 e. The summed E-state index contributed by atoms with van der Waals surface area (Å²) in [5.41, 5.74) is 0.133. The summed E-state index contributed by atoms with van der Waals surface area (Å²) in [5, 5.41) is 20.2. The summed E-state index contributed by atoms with van der Waals surface area (Å²) in [5.74, 6) is 1.75. The molecule has 11 heteroatoms. The van der Waals surface area contributed by atoms with Crippen molar-refractivity contribution in [3.63, 3.8) is 0 Å². The van der Waals surface area contributed by atoms with Crippen LogP contribution in [0.1, 0.15) is 54.4 Å². The number of ether oxygens (including phenoxy) is 4. The Bertz CT molecular complexity index is 671. The van der Waals surface area contributed by atoms with Gasteiger partial charge < -0.3 is 29.2 Å². The van der Waals surface area contributed by atoms with E-state index >= 15 is 0 Å². The van der Waals surface area contributed by atoms with E-state index in [0.29, 0.717) is 24.7 Å². The first-order valence-electron chi connectivity index (χ1n) is 11.1. The average Bonchev–Trinajstić information content (AvgIpc) is 2.71. The van der Waals surface area contributed by atoms with E-state index in [-0.39, 0.29) is 35.0 Å². The van der Waals surface area contributed by atoms with Crippen molar-refractivity contribution in [2.45, 2.75) is 71.3 Å². The number of thioether (sulfide) groups is 2. The quantitative estimate of drug-likeness (QED) is 0.253. The van der Waals surface area contributed by atoms with Crippen molar-refractivity contribution >= 4 is 23.5 Å². The largest absolute Gasteiger partial charge is 0.463 e. The van der Waals surface area contributed by atoms with Crippen molar-refractivity contribution in [2.24, 2.45) is 5.41 Å². The van der Waals surface area contributed by atoms with Crippen molar-refractivity contribution in [1.82, 2.24) is 15.0 Å². The minimum Gasteiger partial charge on any atom is -0.463 e. The van der Waals surface area contributed by atoms with Gasteiger partial charge in [0.15, 0.2) is 6.79 Å². The Morgan fingerprint density at radius 2 is 1.36 bits per heavy atom. The predicted molar refractivity (Wildman–Crippen MR) is 134 cm³/mol. The van der Waals surface area contributed by atoms with Gasteiger partial charge in [0.2, 0.25) is 0 Å². The summed E-state index contributed by atoms with van der Waals surface area (Å²) in [6.07, 6.45) is 0.0909. The zero-order valence-electron chi connectivity index (χ0n) is 21.0. The summed E-state index contributed by atoms with van der Waals surface area (Å²) in [4.78, 5) is 12.5. The zero-order valence-corrected chi connectivity index (χ0v) is 22.6. The van der Waals surface area contributed by atoms with E-state index < -0.39 is 12.2 Å². The molecule has 192 valence electrons. The van der Waals surface area contributed by atoms with Gasteiger partial charge in [-0.15, -0.1) is 15.0 Å². The van der Waals surface area contributed by atoms with Crippen LogP contribution >= 0.6 is 23.5 Å². The van der Waals surface area contributed by atoms with Crippen molar-refractivity contribution in [1.29, 1.82) is 0 Å². The van der Waals surface area contributed by atoms with Crippen LogP contribution in [0.2, 0.25) is 0 Å². The second-order valence-electron chi connectivity index (χ2n) is 9.73. The van der Waals surface area contributed by atoms with Crippen LogP contribution in [0.15, 0.2) is 0 Å². The first kappa shape index (κ1) is 30.0. The lowest BCUT2D eigenvalue weighted by Gasteiger charge is -2.22. The molecule has 0 amide bonds. The standard InChI is InChI=1S/C22H41N3O6S2/c1-21(2,3)9-11-30-19-23-18(24-20(25-19)31-15-28-7)29-10-8-12-32-13-16(26)17(27)14-33-22(4,5)6/h16-17,26-27H,8-15H2,1-7H3. The molecule has 0 radical (unpaired) electrons. The Hall–Kier alpha value is -1.01. The van der Waals surface area contributed by atoms with Crippen LogP contribution in [0.3, 0.4) is 0 Å². The molecule has 0 aliphatic carbocycles. The molecular weight excluding hydrogens is 466 g/mol. The van der Waals surface area contributed by atoms with Gasteiger partial charge >= 0.3 is 18.0 Å². The van der Waals surface area contributed by atoms with Gasteiger partial charge in [-0.2, -0.15) is 23.5 Å². The van der Waals surface area contributed by atoms with E-state index in [9.17, 15) is 10.2 Å². The van der Waals surface area contributed by atoms with Gasteiger partial charge in [0.25, 0.3) is 0 Å². The third-order valence-electron chi connectivity index (χ3n) is 4.05. The molecule has 0 spiro atoms. The Kier molecular flexibility index (Phi) is 13.7. The van der Waals surface area contributed by atoms with Gasteiger partial charge in [-0.05, 0) is 24.0 Å². The Morgan fingerprint density at radius 3 is 1.91 bits per heavy atom. The van der Waals surface area contributed by atoms with Crippen molar-refractivity contribution in [2.75, 3.05) is 44.4 Å². The predicted octanol–water partition coefficient (Wildman–Crippen LogP) is 3.42. The lowest BCUT2D eigenvalue weighted by Crippen LogP contribution is -2.31. The lowest BCUT2D eigenvalue weighted by molar-refractivity contribution is 0.0424. The van der Waals surface area contributed by atoms with Crippen LogP contribution in [-0.2, 0) is 4.74 Å². The maximum absolute atomic E-state index is 10.1. The van der Waals surface area contributed by atoms with Crippen LogP contribution in [0, 0.1) is 5.41 Å². The summed E-state index contributed by atoms with van der Waals surface area (Å²) >= 11 is 3.21. The van der Waals surface area contributed by atoms with E-state index in [2.05, 4.69) is 56.5 Å². The Labute approximate surface area is 206 Å². The van der Waals surface area contributed by atoms with E-state index in [1.165, 1.54) is 7.11 Å². The van der Waals surface area contributed by atoms with Crippen molar-refractivity contribution < 1.29 is 29.2 Å². The highest BCUT2D eigenvalue weighted by molar-refractivity contribution is 8.00. The first-order chi connectivity index (χ1) is 15.4. The third kappa shape index (κ3) is 15.5. The van der Waals surface area contributed by atoms with E-state index in [0.717, 1.165) is 18.6 Å². The fourth-order valence-corrected chi connectivity index (χ4v) is 4.01. The number of aromatic nitrogens is 3. The fraction of sp³-hybridized carbons (Fsp3) is 0.864. The molecule has 2 N–H and O–H groups in total. The van der Waals surface area contributed by atoms with Crippen LogP contribution in [0.5, 0.6) is 18.0 Å². The number of methoxy groups -OCH3 is 1. The van der Waals surface area contributed by atoms with Crippen LogP contribution < -0.4 is 14.2 Å². The van der Waals surface area contributed by atoms with E-state index in [1.807, 2.05) is 0 Å². The van der Waals surface area contributed by atoms with Crippen LogP contribution in [0.25, 0.3) is 0 Å². The molecule has 0 bridgehead atoms. The van der Waals surface area contributed by atoms with Gasteiger partial charge in [-0.25, -0.2) is 0 Å². The molecule has 33 heavy (non-hydrogen) atoms. The van der Waals surface area contributed by atoms with Crippen molar-refractivity contribution in [3.05, 3.63) is 0 Å². The molecule has 0 aromatic carbocycles. The smallest absolute Gasteiger partial charge is 0.327 e. The molecule has 2 unspecified atom stereocenters. The molecule has 0 aliphatic rings. The highest BCUT2D eigenvalue weighted by Gasteiger charge is 2.20. The number of nitrogens with zero attached hydrogens (tertiary/aromatic N) is 3. The van der Waals surface area contributed by atoms with Gasteiger partial charge in [-0.1, -0.05) is 41.5 Å². The second kappa shape index (κ2) is 15.1. The summed E-state index contributed by atoms with van der Waals surface area (Å²) in [6.45, 7) is 13.5. The number of rotatable bonds is 16. The number of hydrogen-bond donors (Lipinski definition) is 2. The number of aliphatic hydroxyl groups excluding tert-OH is 2. The zero-order chi connectivity index (χ0) is 24.9. The summed E-state index contributed by atoms with van der Waals surface area (Å²) in [6, 6.07) is 0.351.